The molecule has 2 aromatic heterocycles. The fourth-order valence-electron chi connectivity index (χ4n) is 4.91. The number of halogens is 5. The molecule has 0 aliphatic heterocycles. The summed E-state index contributed by atoms with van der Waals surface area (Å²) >= 11 is 0. The predicted molar refractivity (Wildman–Crippen MR) is 139 cm³/mol. The number of sulfone groups is 1. The van der Waals surface area contributed by atoms with Crippen molar-refractivity contribution in [2.45, 2.75) is 84.3 Å². The third-order valence-corrected chi connectivity index (χ3v) is 9.07. The minimum absolute atomic E-state index is 0.0498. The zero-order chi connectivity index (χ0) is 30.0. The van der Waals surface area contributed by atoms with E-state index in [1.165, 1.54) is 17.0 Å². The minimum atomic E-state index is -4.53. The van der Waals surface area contributed by atoms with E-state index in [-0.39, 0.29) is 28.2 Å². The highest BCUT2D eigenvalue weighted by molar-refractivity contribution is 7.91. The van der Waals surface area contributed by atoms with Gasteiger partial charge in [0, 0.05) is 25.4 Å². The van der Waals surface area contributed by atoms with Gasteiger partial charge >= 0.3 is 12.8 Å². The number of pyridine rings is 1. The van der Waals surface area contributed by atoms with Crippen molar-refractivity contribution < 1.29 is 39.9 Å². The second kappa shape index (κ2) is 12.0. The van der Waals surface area contributed by atoms with Crippen molar-refractivity contribution in [3.63, 3.8) is 0 Å². The molecule has 1 N–H and O–H groups in total. The molecule has 2 heterocycles. The molecule has 1 fully saturated rings. The maximum absolute atomic E-state index is 13.4. The highest BCUT2D eigenvalue weighted by Crippen LogP contribution is 2.41. The van der Waals surface area contributed by atoms with Crippen LogP contribution < -0.4 is 10.1 Å². The van der Waals surface area contributed by atoms with Gasteiger partial charge in [-0.3, -0.25) is 9.36 Å². The van der Waals surface area contributed by atoms with Crippen molar-refractivity contribution in [1.29, 1.82) is 0 Å². The first kappa shape index (κ1) is 31.8. The van der Waals surface area contributed by atoms with Crippen LogP contribution in [0.5, 0.6) is 5.75 Å². The topological polar surface area (TPSA) is 103 Å². The molecule has 0 aromatic carbocycles. The quantitative estimate of drug-likeness (QED) is 0.379. The highest BCUT2D eigenvalue weighted by atomic mass is 32.2. The summed E-state index contributed by atoms with van der Waals surface area (Å²) in [6.45, 7) is 2.38. The zero-order valence-corrected chi connectivity index (χ0v) is 23.9. The maximum Gasteiger partial charge on any atom is 0.394 e. The lowest BCUT2D eigenvalue weighted by atomic mass is 9.85. The van der Waals surface area contributed by atoms with Crippen LogP contribution in [0.25, 0.3) is 5.82 Å². The van der Waals surface area contributed by atoms with Crippen molar-refractivity contribution in [1.82, 2.24) is 19.9 Å². The summed E-state index contributed by atoms with van der Waals surface area (Å²) in [7, 11) is -3.10. The Morgan fingerprint density at radius 3 is 2.35 bits per heavy atom. The van der Waals surface area contributed by atoms with E-state index in [9.17, 15) is 35.2 Å². The molecule has 14 heteroatoms. The molecule has 224 valence electrons. The van der Waals surface area contributed by atoms with Crippen LogP contribution in [0.3, 0.4) is 0 Å². The molecule has 1 aliphatic rings. The van der Waals surface area contributed by atoms with E-state index >= 15 is 0 Å². The summed E-state index contributed by atoms with van der Waals surface area (Å²) in [6, 6.07) is 1.10. The fraction of sp³-hybridized carbons (Fsp3) is 0.654. The molecule has 3 rings (SSSR count). The largest absolute Gasteiger partial charge is 0.431 e. The molecule has 0 saturated heterocycles. The monoisotopic (exact) mass is 594 g/mol. The van der Waals surface area contributed by atoms with E-state index in [0.717, 1.165) is 19.9 Å². The van der Waals surface area contributed by atoms with Crippen LogP contribution in [0.4, 0.5) is 22.0 Å². The van der Waals surface area contributed by atoms with Gasteiger partial charge in [-0.05, 0) is 56.6 Å². The SMILES string of the molecule is CCc1nc(C(=O)NCC2CCC(S(C)(=O)=O)CC2)c(C)n1-c1ncc(CC(C)(C)C(F)(F)F)cc1OC(F)F. The molecule has 8 nitrogen and oxygen atoms in total. The van der Waals surface area contributed by atoms with Crippen molar-refractivity contribution >= 4 is 15.7 Å². The fourth-order valence-corrected chi connectivity index (χ4v) is 6.04. The van der Waals surface area contributed by atoms with Gasteiger partial charge in [0.25, 0.3) is 5.91 Å². The number of imidazole rings is 1. The van der Waals surface area contributed by atoms with Gasteiger partial charge in [0.15, 0.2) is 11.6 Å². The lowest BCUT2D eigenvalue weighted by Crippen LogP contribution is -2.34. The van der Waals surface area contributed by atoms with Gasteiger partial charge in [-0.15, -0.1) is 0 Å². The molecule has 2 aromatic rings. The number of ether oxygens (including phenoxy) is 1. The average Bonchev–Trinajstić information content (AvgIpc) is 3.17. The molecule has 0 atom stereocenters. The Kier molecular flexibility index (Phi) is 9.52. The Hall–Kier alpha value is -2.77. The number of hydrogen-bond donors (Lipinski definition) is 1. The Morgan fingerprint density at radius 1 is 1.20 bits per heavy atom. The molecule has 0 bridgehead atoms. The van der Waals surface area contributed by atoms with E-state index in [1.54, 1.807) is 13.8 Å². The molecule has 0 unspecified atom stereocenters. The summed E-state index contributed by atoms with van der Waals surface area (Å²) in [5, 5.41) is 2.46. The van der Waals surface area contributed by atoms with E-state index in [2.05, 4.69) is 20.0 Å². The first-order chi connectivity index (χ1) is 18.4. The second-order valence-corrected chi connectivity index (χ2v) is 13.3. The van der Waals surface area contributed by atoms with Gasteiger partial charge in [-0.1, -0.05) is 20.8 Å². The van der Waals surface area contributed by atoms with Crippen LogP contribution in [-0.2, 0) is 22.7 Å². The van der Waals surface area contributed by atoms with Crippen molar-refractivity contribution in [2.24, 2.45) is 11.3 Å². The van der Waals surface area contributed by atoms with E-state index in [1.807, 2.05) is 0 Å². The summed E-state index contributed by atoms with van der Waals surface area (Å²) < 4.78 is 96.4. The van der Waals surface area contributed by atoms with Crippen LogP contribution in [0.2, 0.25) is 0 Å². The van der Waals surface area contributed by atoms with Crippen LogP contribution in [-0.4, -0.2) is 59.7 Å². The van der Waals surface area contributed by atoms with Crippen molar-refractivity contribution in [2.75, 3.05) is 12.8 Å². The number of alkyl halides is 5. The van der Waals surface area contributed by atoms with E-state index < -0.39 is 46.1 Å². The molecule has 0 spiro atoms. The van der Waals surface area contributed by atoms with Crippen LogP contribution in [0.15, 0.2) is 12.3 Å². The first-order valence-corrected chi connectivity index (χ1v) is 15.0. The maximum atomic E-state index is 13.4. The molecule has 1 aliphatic carbocycles. The van der Waals surface area contributed by atoms with Gasteiger partial charge in [0.2, 0.25) is 0 Å². The average molecular weight is 595 g/mol. The molecular weight excluding hydrogens is 559 g/mol. The number of carbonyl (C=O) groups excluding carboxylic acids is 1. The molecule has 1 saturated carbocycles. The number of nitrogens with one attached hydrogen (secondary N) is 1. The highest BCUT2D eigenvalue weighted by Gasteiger charge is 2.47. The van der Waals surface area contributed by atoms with Crippen LogP contribution >= 0.6 is 0 Å². The van der Waals surface area contributed by atoms with E-state index in [4.69, 9.17) is 0 Å². The van der Waals surface area contributed by atoms with Crippen LogP contribution in [0, 0.1) is 18.3 Å². The van der Waals surface area contributed by atoms with Crippen molar-refractivity contribution in [3.05, 3.63) is 35.0 Å². The first-order valence-electron chi connectivity index (χ1n) is 13.0. The summed E-state index contributed by atoms with van der Waals surface area (Å²) in [5.41, 5.74) is -1.73. The minimum Gasteiger partial charge on any atom is -0.431 e. The Morgan fingerprint density at radius 2 is 1.82 bits per heavy atom. The number of aromatic nitrogens is 3. The number of nitrogens with zero attached hydrogens (tertiary/aromatic N) is 3. The van der Waals surface area contributed by atoms with Crippen LogP contribution in [0.1, 0.15) is 74.0 Å². The Balaban J connectivity index is 1.86. The smallest absolute Gasteiger partial charge is 0.394 e. The van der Waals surface area contributed by atoms with E-state index in [0.29, 0.717) is 50.2 Å². The molecule has 0 radical (unpaired) electrons. The number of aryl methyl sites for hydroxylation is 1. The third kappa shape index (κ3) is 7.29. The Labute approximate surface area is 230 Å². The lowest BCUT2D eigenvalue weighted by Gasteiger charge is -2.28. The number of hydrogen-bond acceptors (Lipinski definition) is 6. The van der Waals surface area contributed by atoms with Gasteiger partial charge in [0.05, 0.1) is 16.4 Å². The molecule has 1 amide bonds. The van der Waals surface area contributed by atoms with Gasteiger partial charge in [-0.25, -0.2) is 18.4 Å². The predicted octanol–water partition coefficient (Wildman–Crippen LogP) is 5.20. The third-order valence-electron chi connectivity index (χ3n) is 7.39. The Bertz CT molecular complexity index is 1320. The van der Waals surface area contributed by atoms with Gasteiger partial charge in [0.1, 0.15) is 21.4 Å². The standard InChI is InChI=1S/C26H35F5N4O4S/c1-6-20-34-21(23(36)33-13-16-7-9-18(10-8-16)40(5,37)38)15(2)35(20)22-19(39-24(27)28)11-17(14-32-22)12-25(3,4)26(29,30)31/h11,14,16,18,24H,6-10,12-13H2,1-5H3,(H,33,36). The summed E-state index contributed by atoms with van der Waals surface area (Å²) in [6.07, 6.45) is 0.0303. The van der Waals surface area contributed by atoms with Gasteiger partial charge in [-0.2, -0.15) is 22.0 Å². The molecule has 40 heavy (non-hydrogen) atoms. The summed E-state index contributed by atoms with van der Waals surface area (Å²) in [4.78, 5) is 21.6. The second-order valence-electron chi connectivity index (χ2n) is 10.9. The van der Waals surface area contributed by atoms with Gasteiger partial charge < -0.3 is 10.1 Å². The number of carbonyl (C=O) groups is 1. The summed E-state index contributed by atoms with van der Waals surface area (Å²) in [5.74, 6) is -0.609. The number of amides is 1. The lowest BCUT2D eigenvalue weighted by molar-refractivity contribution is -0.211. The van der Waals surface area contributed by atoms with Crippen molar-refractivity contribution in [3.8, 4) is 11.6 Å². The normalized spacial score (nSPS) is 18.7. The zero-order valence-electron chi connectivity index (χ0n) is 23.1. The number of rotatable bonds is 10. The molecular formula is C26H35F5N4O4S.